The molecule has 0 unspecified atom stereocenters. The molecule has 0 aromatic carbocycles. The second-order valence-electron chi connectivity index (χ2n) is 7.73. The number of nitrogens with one attached hydrogen (secondary N) is 2. The molecule has 7 heteroatoms. The molecule has 7 nitrogen and oxygen atoms in total. The van der Waals surface area contributed by atoms with Gasteiger partial charge in [-0.05, 0) is 62.0 Å². The number of carbonyl (C=O) groups is 1. The molecule has 4 rings (SSSR count). The molecule has 2 aliphatic rings. The Balaban J connectivity index is 1.74. The maximum absolute atomic E-state index is 12.4. The smallest absolute Gasteiger partial charge is 0.273 e. The molecule has 2 aromatic rings. The number of likely N-dealkylation sites (tertiary alicyclic amines) is 1. The molecule has 0 bridgehead atoms. The lowest BCUT2D eigenvalue weighted by molar-refractivity contribution is -0.116. The number of H-pyrrole nitrogens is 1. The molecule has 28 heavy (non-hydrogen) atoms. The SMILES string of the molecule is Cc1[nH]c(C=C2C(=O)NN=C2c2ncccn2)c(C(C)C)c1CN1CCCC1. The monoisotopic (exact) mass is 378 g/mol. The van der Waals surface area contributed by atoms with Crippen LogP contribution in [-0.4, -0.2) is 44.6 Å². The van der Waals surface area contributed by atoms with E-state index in [4.69, 9.17) is 0 Å². The number of carbonyl (C=O) groups excluding carboxylic acids is 1. The molecule has 2 aliphatic heterocycles. The Labute approximate surface area is 165 Å². The fourth-order valence-corrected chi connectivity index (χ4v) is 4.06. The van der Waals surface area contributed by atoms with Crippen molar-refractivity contribution >= 4 is 17.7 Å². The van der Waals surface area contributed by atoms with Crippen LogP contribution in [0.15, 0.2) is 29.1 Å². The summed E-state index contributed by atoms with van der Waals surface area (Å²) in [5.41, 5.74) is 8.26. The standard InChI is InChI=1S/C21H26N6O/c1-13(2)18-16(12-27-9-4-5-10-27)14(3)24-17(18)11-15-19(25-26-21(15)28)20-22-7-6-8-23-20/h6-8,11,13,24H,4-5,9-10,12H2,1-3H3,(H,26,28). The van der Waals surface area contributed by atoms with Crippen LogP contribution in [0.1, 0.15) is 60.9 Å². The van der Waals surface area contributed by atoms with E-state index in [1.54, 1.807) is 18.5 Å². The van der Waals surface area contributed by atoms with E-state index in [2.05, 4.69) is 51.2 Å². The number of hydrazone groups is 1. The van der Waals surface area contributed by atoms with Gasteiger partial charge in [0.1, 0.15) is 5.71 Å². The van der Waals surface area contributed by atoms with E-state index in [1.807, 2.05) is 6.08 Å². The molecule has 0 saturated carbocycles. The van der Waals surface area contributed by atoms with Crippen LogP contribution in [0, 0.1) is 6.92 Å². The normalized spacial score (nSPS) is 18.9. The highest BCUT2D eigenvalue weighted by atomic mass is 16.2. The Morgan fingerprint density at radius 1 is 1.21 bits per heavy atom. The van der Waals surface area contributed by atoms with Gasteiger partial charge in [0.2, 0.25) is 0 Å². The summed E-state index contributed by atoms with van der Waals surface area (Å²) in [5, 5.41) is 4.15. The predicted octanol–water partition coefficient (Wildman–Crippen LogP) is 2.75. The maximum Gasteiger partial charge on any atom is 0.273 e. The Bertz CT molecular complexity index is 935. The maximum atomic E-state index is 12.4. The largest absolute Gasteiger partial charge is 0.359 e. The summed E-state index contributed by atoms with van der Waals surface area (Å²) in [7, 11) is 0. The summed E-state index contributed by atoms with van der Waals surface area (Å²) in [4.78, 5) is 26.9. The zero-order valence-electron chi connectivity index (χ0n) is 16.6. The molecule has 146 valence electrons. The Hall–Kier alpha value is -2.80. The van der Waals surface area contributed by atoms with E-state index in [9.17, 15) is 4.79 Å². The molecule has 4 heterocycles. The molecule has 1 saturated heterocycles. The summed E-state index contributed by atoms with van der Waals surface area (Å²) in [6.45, 7) is 9.77. The molecule has 0 aliphatic carbocycles. The van der Waals surface area contributed by atoms with Crippen molar-refractivity contribution in [1.82, 2.24) is 25.3 Å². The summed E-state index contributed by atoms with van der Waals surface area (Å²) in [6, 6.07) is 1.74. The summed E-state index contributed by atoms with van der Waals surface area (Å²) >= 11 is 0. The zero-order chi connectivity index (χ0) is 19.7. The van der Waals surface area contributed by atoms with Crippen LogP contribution in [0.5, 0.6) is 0 Å². The van der Waals surface area contributed by atoms with Crippen molar-refractivity contribution in [2.75, 3.05) is 13.1 Å². The van der Waals surface area contributed by atoms with Gasteiger partial charge in [0, 0.05) is 30.3 Å². The minimum absolute atomic E-state index is 0.231. The second-order valence-corrected chi connectivity index (χ2v) is 7.73. The van der Waals surface area contributed by atoms with Gasteiger partial charge in [0.25, 0.3) is 5.91 Å². The van der Waals surface area contributed by atoms with Crippen molar-refractivity contribution in [3.05, 3.63) is 52.4 Å². The molecule has 0 spiro atoms. The lowest BCUT2D eigenvalue weighted by atomic mass is 9.95. The fourth-order valence-electron chi connectivity index (χ4n) is 4.06. The summed E-state index contributed by atoms with van der Waals surface area (Å²) < 4.78 is 0. The van der Waals surface area contributed by atoms with Gasteiger partial charge in [0.15, 0.2) is 5.82 Å². The van der Waals surface area contributed by atoms with Crippen molar-refractivity contribution in [3.63, 3.8) is 0 Å². The first kappa shape index (κ1) is 18.6. The van der Waals surface area contributed by atoms with Gasteiger partial charge < -0.3 is 4.98 Å². The van der Waals surface area contributed by atoms with E-state index in [0.717, 1.165) is 31.0 Å². The molecule has 2 aromatic heterocycles. The van der Waals surface area contributed by atoms with E-state index in [1.165, 1.54) is 24.0 Å². The Kier molecular flexibility index (Phi) is 5.09. The van der Waals surface area contributed by atoms with Crippen molar-refractivity contribution in [3.8, 4) is 0 Å². The molecule has 1 fully saturated rings. The topological polar surface area (TPSA) is 86.3 Å². The van der Waals surface area contributed by atoms with Gasteiger partial charge in [-0.15, -0.1) is 0 Å². The van der Waals surface area contributed by atoms with Gasteiger partial charge >= 0.3 is 0 Å². The van der Waals surface area contributed by atoms with Crippen molar-refractivity contribution in [2.45, 2.75) is 46.1 Å². The molecule has 0 atom stereocenters. The van der Waals surface area contributed by atoms with Crippen LogP contribution in [0.3, 0.4) is 0 Å². The quantitative estimate of drug-likeness (QED) is 0.784. The van der Waals surface area contributed by atoms with Crippen LogP contribution < -0.4 is 5.43 Å². The highest BCUT2D eigenvalue weighted by molar-refractivity contribution is 6.32. The van der Waals surface area contributed by atoms with Gasteiger partial charge in [0.05, 0.1) is 5.57 Å². The first-order valence-electron chi connectivity index (χ1n) is 9.85. The second kappa shape index (κ2) is 7.67. The van der Waals surface area contributed by atoms with Gasteiger partial charge in [-0.3, -0.25) is 9.69 Å². The molecule has 0 radical (unpaired) electrons. The predicted molar refractivity (Wildman–Crippen MR) is 109 cm³/mol. The average Bonchev–Trinajstić information content (AvgIpc) is 3.38. The van der Waals surface area contributed by atoms with E-state index >= 15 is 0 Å². The highest BCUT2D eigenvalue weighted by Crippen LogP contribution is 2.31. The average molecular weight is 378 g/mol. The number of rotatable bonds is 5. The third-order valence-corrected chi connectivity index (χ3v) is 5.38. The molecule has 2 N–H and O–H groups in total. The molecule has 1 amide bonds. The van der Waals surface area contributed by atoms with Crippen molar-refractivity contribution in [2.24, 2.45) is 5.10 Å². The third kappa shape index (κ3) is 3.49. The number of aryl methyl sites for hydroxylation is 1. The number of amides is 1. The van der Waals surface area contributed by atoms with Crippen LogP contribution >= 0.6 is 0 Å². The molecular weight excluding hydrogens is 352 g/mol. The van der Waals surface area contributed by atoms with Gasteiger partial charge in [-0.1, -0.05) is 13.8 Å². The van der Waals surface area contributed by atoms with Crippen LogP contribution in [-0.2, 0) is 11.3 Å². The first-order chi connectivity index (χ1) is 13.5. The van der Waals surface area contributed by atoms with E-state index in [-0.39, 0.29) is 5.91 Å². The lowest BCUT2D eigenvalue weighted by Crippen LogP contribution is -2.19. The van der Waals surface area contributed by atoms with Crippen LogP contribution in [0.4, 0.5) is 0 Å². The van der Waals surface area contributed by atoms with E-state index in [0.29, 0.717) is 23.0 Å². The number of aromatic amines is 1. The van der Waals surface area contributed by atoms with Crippen molar-refractivity contribution in [1.29, 1.82) is 0 Å². The Morgan fingerprint density at radius 3 is 2.61 bits per heavy atom. The van der Waals surface area contributed by atoms with Gasteiger partial charge in [-0.25, -0.2) is 15.4 Å². The van der Waals surface area contributed by atoms with Crippen LogP contribution in [0.2, 0.25) is 0 Å². The molecular formula is C21H26N6O. The van der Waals surface area contributed by atoms with Crippen LogP contribution in [0.25, 0.3) is 6.08 Å². The highest BCUT2D eigenvalue weighted by Gasteiger charge is 2.28. The number of hydrogen-bond donors (Lipinski definition) is 2. The van der Waals surface area contributed by atoms with Gasteiger partial charge in [-0.2, -0.15) is 5.10 Å². The number of hydrogen-bond acceptors (Lipinski definition) is 5. The third-order valence-electron chi connectivity index (χ3n) is 5.38. The zero-order valence-corrected chi connectivity index (χ0v) is 16.6. The summed E-state index contributed by atoms with van der Waals surface area (Å²) in [5.74, 6) is 0.552. The first-order valence-corrected chi connectivity index (χ1v) is 9.85. The lowest BCUT2D eigenvalue weighted by Gasteiger charge is -2.17. The fraction of sp³-hybridized carbons (Fsp3) is 0.429. The summed E-state index contributed by atoms with van der Waals surface area (Å²) in [6.07, 6.45) is 7.74. The minimum Gasteiger partial charge on any atom is -0.359 e. The number of aromatic nitrogens is 3. The Morgan fingerprint density at radius 2 is 1.93 bits per heavy atom. The van der Waals surface area contributed by atoms with Crippen molar-refractivity contribution < 1.29 is 4.79 Å². The van der Waals surface area contributed by atoms with E-state index < -0.39 is 0 Å². The number of nitrogens with zero attached hydrogens (tertiary/aromatic N) is 4. The minimum atomic E-state index is -0.231.